The fourth-order valence-electron chi connectivity index (χ4n) is 0.599. The number of carbonyl (C=O) groups is 2. The van der Waals surface area contributed by atoms with Crippen LogP contribution in [0.5, 0.6) is 0 Å². The third-order valence-corrected chi connectivity index (χ3v) is 1.06. The van der Waals surface area contributed by atoms with Gasteiger partial charge in [-0.25, -0.2) is 14.6 Å². The number of carboxylic acids is 2. The van der Waals surface area contributed by atoms with Crippen molar-refractivity contribution >= 4 is 11.9 Å². The molecule has 0 aliphatic heterocycles. The van der Waals surface area contributed by atoms with Gasteiger partial charge in [-0.05, 0) is 12.1 Å². The lowest BCUT2D eigenvalue weighted by Crippen LogP contribution is -2.09. The molecular formula is C7H5NO4. The van der Waals surface area contributed by atoms with Crippen LogP contribution in [0.2, 0.25) is 0 Å². The number of rotatable bonds is 2. The Balaban J connectivity index is 3.65. The zero-order chi connectivity index (χ0) is 11.7. The van der Waals surface area contributed by atoms with E-state index in [-0.39, 0.29) is 0 Å². The van der Waals surface area contributed by atoms with Crippen molar-refractivity contribution in [2.24, 2.45) is 0 Å². The second-order valence-electron chi connectivity index (χ2n) is 1.81. The van der Waals surface area contributed by atoms with Crippen molar-refractivity contribution < 1.29 is 23.9 Å². The van der Waals surface area contributed by atoms with Crippen LogP contribution >= 0.6 is 0 Å². The maximum absolute atomic E-state index is 10.6. The monoisotopic (exact) mass is 170 g/mol. The van der Waals surface area contributed by atoms with E-state index in [1.54, 1.807) is 0 Å². The zero-order valence-corrected chi connectivity index (χ0v) is 5.66. The van der Waals surface area contributed by atoms with Crippen LogP contribution in [0.1, 0.15) is 25.0 Å². The Morgan fingerprint density at radius 3 is 2.58 bits per heavy atom. The van der Waals surface area contributed by atoms with Gasteiger partial charge in [-0.3, -0.25) is 0 Å². The average Bonchev–Trinajstić information content (AvgIpc) is 2.12. The molecule has 0 unspecified atom stereocenters. The normalized spacial score (nSPS) is 12.8. The van der Waals surface area contributed by atoms with E-state index in [9.17, 15) is 9.59 Å². The SMILES string of the molecule is [2H]c1nc(C(=O)O)c(C(=O)O)c([2H])c1[2H]. The number of aromatic nitrogens is 1. The van der Waals surface area contributed by atoms with E-state index in [4.69, 9.17) is 14.3 Å². The summed E-state index contributed by atoms with van der Waals surface area (Å²) in [4.78, 5) is 24.4. The molecule has 62 valence electrons. The van der Waals surface area contributed by atoms with Crippen molar-refractivity contribution in [3.8, 4) is 0 Å². The first-order valence-corrected chi connectivity index (χ1v) is 2.80. The van der Waals surface area contributed by atoms with Crippen LogP contribution in [0.25, 0.3) is 0 Å². The van der Waals surface area contributed by atoms with Gasteiger partial charge in [-0.2, -0.15) is 0 Å². The van der Waals surface area contributed by atoms with Gasteiger partial charge in [0.25, 0.3) is 0 Å². The summed E-state index contributed by atoms with van der Waals surface area (Å²) in [6, 6.07) is -1.53. The first-order valence-electron chi connectivity index (χ1n) is 4.30. The predicted octanol–water partition coefficient (Wildman–Crippen LogP) is 0.478. The minimum absolute atomic E-state index is 0.711. The molecule has 0 amide bonds. The van der Waals surface area contributed by atoms with Crippen LogP contribution < -0.4 is 0 Å². The maximum Gasteiger partial charge on any atom is 0.355 e. The van der Waals surface area contributed by atoms with Gasteiger partial charge in [0, 0.05) is 6.17 Å². The highest BCUT2D eigenvalue weighted by Crippen LogP contribution is 2.04. The minimum Gasteiger partial charge on any atom is -0.478 e. The van der Waals surface area contributed by atoms with Crippen molar-refractivity contribution in [1.29, 1.82) is 0 Å². The molecule has 0 spiro atoms. The molecular weight excluding hydrogens is 162 g/mol. The highest BCUT2D eigenvalue weighted by molar-refractivity contribution is 5.99. The Bertz CT molecular complexity index is 460. The van der Waals surface area contributed by atoms with Crippen LogP contribution in [0.15, 0.2) is 18.3 Å². The van der Waals surface area contributed by atoms with E-state index in [2.05, 4.69) is 4.98 Å². The molecule has 1 rings (SSSR count). The number of hydrogen-bond donors (Lipinski definition) is 2. The molecule has 0 aliphatic rings. The summed E-state index contributed by atoms with van der Waals surface area (Å²) in [5.41, 5.74) is -1.77. The topological polar surface area (TPSA) is 87.5 Å². The Hall–Kier alpha value is -1.91. The lowest BCUT2D eigenvalue weighted by molar-refractivity contribution is 0.0646. The summed E-state index contributed by atoms with van der Waals surface area (Å²) in [6.07, 6.45) is -0.734. The van der Waals surface area contributed by atoms with Crippen molar-refractivity contribution in [2.45, 2.75) is 0 Å². The molecule has 2 N–H and O–H groups in total. The van der Waals surface area contributed by atoms with Crippen molar-refractivity contribution in [3.05, 3.63) is 29.5 Å². The highest BCUT2D eigenvalue weighted by Gasteiger charge is 2.15. The molecule has 0 bridgehead atoms. The first-order chi connectivity index (χ1) is 6.86. The van der Waals surface area contributed by atoms with Crippen molar-refractivity contribution in [1.82, 2.24) is 4.98 Å². The van der Waals surface area contributed by atoms with Gasteiger partial charge in [0.2, 0.25) is 0 Å². The Labute approximate surface area is 71.5 Å². The smallest absolute Gasteiger partial charge is 0.355 e. The molecule has 1 aromatic rings. The van der Waals surface area contributed by atoms with E-state index in [0.717, 1.165) is 0 Å². The predicted molar refractivity (Wildman–Crippen MR) is 38.2 cm³/mol. The summed E-state index contributed by atoms with van der Waals surface area (Å²) < 4.78 is 21.4. The van der Waals surface area contributed by atoms with E-state index < -0.39 is 41.5 Å². The maximum atomic E-state index is 10.6. The highest BCUT2D eigenvalue weighted by atomic mass is 16.4. The number of pyridine rings is 1. The molecule has 0 fully saturated rings. The Morgan fingerprint density at radius 2 is 2.08 bits per heavy atom. The Kier molecular flexibility index (Phi) is 1.22. The molecule has 1 aromatic heterocycles. The zero-order valence-electron chi connectivity index (χ0n) is 8.66. The molecule has 5 nitrogen and oxygen atoms in total. The van der Waals surface area contributed by atoms with Gasteiger partial charge >= 0.3 is 11.9 Å². The fourth-order valence-corrected chi connectivity index (χ4v) is 0.599. The lowest BCUT2D eigenvalue weighted by atomic mass is 10.2. The number of aromatic carboxylic acids is 2. The van der Waals surface area contributed by atoms with E-state index in [0.29, 0.717) is 0 Å². The van der Waals surface area contributed by atoms with Crippen molar-refractivity contribution in [3.63, 3.8) is 0 Å². The number of carboxylic acid groups (broad SMARTS) is 2. The average molecular weight is 170 g/mol. The third kappa shape index (κ3) is 1.39. The molecule has 0 aromatic carbocycles. The van der Waals surface area contributed by atoms with E-state index in [1.165, 1.54) is 0 Å². The number of hydrogen-bond acceptors (Lipinski definition) is 3. The summed E-state index contributed by atoms with van der Waals surface area (Å²) in [7, 11) is 0. The lowest BCUT2D eigenvalue weighted by Gasteiger charge is -1.97. The van der Waals surface area contributed by atoms with Crippen LogP contribution in [0.3, 0.4) is 0 Å². The van der Waals surface area contributed by atoms with Gasteiger partial charge in [0.1, 0.15) is 0 Å². The van der Waals surface area contributed by atoms with Crippen LogP contribution in [0, 0.1) is 0 Å². The molecule has 0 saturated heterocycles. The number of nitrogens with zero attached hydrogens (tertiary/aromatic N) is 1. The van der Waals surface area contributed by atoms with Crippen molar-refractivity contribution in [2.75, 3.05) is 0 Å². The fraction of sp³-hybridized carbons (Fsp3) is 0. The van der Waals surface area contributed by atoms with Gasteiger partial charge in [-0.1, -0.05) is 0 Å². The molecule has 5 heteroatoms. The molecule has 0 radical (unpaired) electrons. The van der Waals surface area contributed by atoms with E-state index >= 15 is 0 Å². The first kappa shape index (κ1) is 4.87. The molecule has 0 atom stereocenters. The van der Waals surface area contributed by atoms with Gasteiger partial charge in [0.05, 0.1) is 9.68 Å². The van der Waals surface area contributed by atoms with Crippen LogP contribution in [-0.2, 0) is 0 Å². The quantitative estimate of drug-likeness (QED) is 0.673. The van der Waals surface area contributed by atoms with Crippen LogP contribution in [0.4, 0.5) is 0 Å². The summed E-state index contributed by atoms with van der Waals surface area (Å²) >= 11 is 0. The van der Waals surface area contributed by atoms with E-state index in [1.807, 2.05) is 0 Å². The summed E-state index contributed by atoms with van der Waals surface area (Å²) in [5.74, 6) is -3.30. The van der Waals surface area contributed by atoms with Crippen LogP contribution in [-0.4, -0.2) is 27.1 Å². The third-order valence-electron chi connectivity index (χ3n) is 1.06. The largest absolute Gasteiger partial charge is 0.478 e. The molecule has 0 saturated carbocycles. The standard InChI is InChI=1S/C7H5NO4/c9-6(10)4-2-1-3-8-5(4)7(11)12/h1-3H,(H,9,10)(H,11,12)/i1D,2D,3D. The molecule has 12 heavy (non-hydrogen) atoms. The molecule has 0 aliphatic carbocycles. The Morgan fingerprint density at radius 1 is 1.42 bits per heavy atom. The van der Waals surface area contributed by atoms with Gasteiger partial charge in [-0.15, -0.1) is 0 Å². The summed E-state index contributed by atoms with van der Waals surface area (Å²) in [5, 5.41) is 17.2. The molecule has 1 heterocycles. The van der Waals surface area contributed by atoms with Gasteiger partial charge < -0.3 is 10.2 Å². The second kappa shape index (κ2) is 3.00. The minimum atomic E-state index is -1.65. The summed E-state index contributed by atoms with van der Waals surface area (Å²) in [6.45, 7) is 0. The van der Waals surface area contributed by atoms with Gasteiger partial charge in [0.15, 0.2) is 5.69 Å². The second-order valence-corrected chi connectivity index (χ2v) is 1.81.